The summed E-state index contributed by atoms with van der Waals surface area (Å²) < 4.78 is 1.84. The van der Waals surface area contributed by atoms with Crippen molar-refractivity contribution in [3.8, 4) is 0 Å². The van der Waals surface area contributed by atoms with Crippen molar-refractivity contribution in [3.63, 3.8) is 0 Å². The third kappa shape index (κ3) is 3.24. The molecule has 1 saturated carbocycles. The topological polar surface area (TPSA) is 80.3 Å². The van der Waals surface area contributed by atoms with Gasteiger partial charge in [-0.1, -0.05) is 18.2 Å². The highest BCUT2D eigenvalue weighted by molar-refractivity contribution is 5.80. The van der Waals surface area contributed by atoms with Gasteiger partial charge in [-0.2, -0.15) is 0 Å². The van der Waals surface area contributed by atoms with Crippen molar-refractivity contribution in [3.05, 3.63) is 47.8 Å². The van der Waals surface area contributed by atoms with Crippen LogP contribution in [0.5, 0.6) is 0 Å². The second-order valence-corrected chi connectivity index (χ2v) is 7.24. The average molecular weight is 350 g/mol. The molecule has 0 spiro atoms. The minimum absolute atomic E-state index is 0.344. The highest BCUT2D eigenvalue weighted by Crippen LogP contribution is 2.31. The molecule has 4 N–H and O–H groups in total. The summed E-state index contributed by atoms with van der Waals surface area (Å²) in [5.74, 6) is 0.909. The molecule has 2 aromatic heterocycles. The molecular formula is C20H26N6. The van der Waals surface area contributed by atoms with Crippen molar-refractivity contribution in [1.29, 1.82) is 0 Å². The van der Waals surface area contributed by atoms with Crippen LogP contribution in [0.4, 0.5) is 17.2 Å². The van der Waals surface area contributed by atoms with E-state index in [1.54, 1.807) is 6.20 Å². The van der Waals surface area contributed by atoms with Gasteiger partial charge in [-0.15, -0.1) is 5.10 Å². The minimum Gasteiger partial charge on any atom is -0.366 e. The zero-order chi connectivity index (χ0) is 18.1. The van der Waals surface area contributed by atoms with E-state index in [9.17, 15) is 0 Å². The van der Waals surface area contributed by atoms with Crippen LogP contribution in [0, 0.1) is 13.8 Å². The SMILES string of the molecule is Cc1ccccc1Nc1c(C)c(NC2CCC(N)CC2)nn2ccnc12. The molecule has 0 radical (unpaired) electrons. The first-order valence-electron chi connectivity index (χ1n) is 9.30. The number of benzene rings is 1. The van der Waals surface area contributed by atoms with Crippen molar-refractivity contribution in [1.82, 2.24) is 14.6 Å². The van der Waals surface area contributed by atoms with E-state index in [1.807, 2.05) is 22.8 Å². The molecule has 1 aliphatic rings. The molecule has 1 fully saturated rings. The average Bonchev–Trinajstić information content (AvgIpc) is 3.10. The van der Waals surface area contributed by atoms with Crippen molar-refractivity contribution in [2.24, 2.45) is 5.73 Å². The monoisotopic (exact) mass is 350 g/mol. The Balaban J connectivity index is 1.69. The maximum absolute atomic E-state index is 6.04. The van der Waals surface area contributed by atoms with Crippen LogP contribution < -0.4 is 16.4 Å². The van der Waals surface area contributed by atoms with Gasteiger partial charge in [0.1, 0.15) is 0 Å². The number of nitrogens with zero attached hydrogens (tertiary/aromatic N) is 3. The van der Waals surface area contributed by atoms with Crippen molar-refractivity contribution >= 4 is 22.8 Å². The first-order chi connectivity index (χ1) is 12.6. The first kappa shape index (κ1) is 16.8. The third-order valence-electron chi connectivity index (χ3n) is 5.30. The lowest BCUT2D eigenvalue weighted by Crippen LogP contribution is -2.33. The number of nitrogens with one attached hydrogen (secondary N) is 2. The number of para-hydroxylation sites is 1. The second kappa shape index (κ2) is 6.96. The molecule has 0 aliphatic heterocycles. The Morgan fingerprint density at radius 2 is 1.88 bits per heavy atom. The summed E-state index contributed by atoms with van der Waals surface area (Å²) in [5.41, 5.74) is 11.2. The van der Waals surface area contributed by atoms with Gasteiger partial charge < -0.3 is 16.4 Å². The van der Waals surface area contributed by atoms with Crippen LogP contribution in [0.15, 0.2) is 36.7 Å². The largest absolute Gasteiger partial charge is 0.366 e. The lowest BCUT2D eigenvalue weighted by Gasteiger charge is -2.28. The summed E-state index contributed by atoms with van der Waals surface area (Å²) in [4.78, 5) is 4.50. The lowest BCUT2D eigenvalue weighted by atomic mass is 9.92. The Morgan fingerprint density at radius 3 is 2.65 bits per heavy atom. The summed E-state index contributed by atoms with van der Waals surface area (Å²) in [7, 11) is 0. The smallest absolute Gasteiger partial charge is 0.177 e. The second-order valence-electron chi connectivity index (χ2n) is 7.24. The Labute approximate surface area is 153 Å². The molecule has 136 valence electrons. The van der Waals surface area contributed by atoms with E-state index >= 15 is 0 Å². The quantitative estimate of drug-likeness (QED) is 0.667. The highest BCUT2D eigenvalue weighted by atomic mass is 15.3. The van der Waals surface area contributed by atoms with Crippen LogP contribution in [-0.2, 0) is 0 Å². The van der Waals surface area contributed by atoms with Gasteiger partial charge in [0, 0.05) is 35.7 Å². The van der Waals surface area contributed by atoms with Gasteiger partial charge in [-0.25, -0.2) is 9.50 Å². The van der Waals surface area contributed by atoms with Gasteiger partial charge in [-0.3, -0.25) is 0 Å². The van der Waals surface area contributed by atoms with E-state index in [1.165, 1.54) is 5.56 Å². The van der Waals surface area contributed by atoms with Crippen LogP contribution >= 0.6 is 0 Å². The molecule has 0 amide bonds. The normalized spacial score (nSPS) is 20.3. The standard InChI is InChI=1S/C20H26N6/c1-13-5-3-4-6-17(13)24-18-14(2)19(25-26-12-11-22-20(18)26)23-16-9-7-15(21)8-10-16/h3-6,11-12,15-16,24H,7-10,21H2,1-2H3,(H,23,25). The van der Waals surface area contributed by atoms with E-state index < -0.39 is 0 Å². The number of anilines is 3. The van der Waals surface area contributed by atoms with Crippen LogP contribution in [-0.4, -0.2) is 26.7 Å². The molecule has 0 atom stereocenters. The molecule has 26 heavy (non-hydrogen) atoms. The van der Waals surface area contributed by atoms with E-state index in [2.05, 4.69) is 41.6 Å². The Bertz CT molecular complexity index is 908. The van der Waals surface area contributed by atoms with Gasteiger partial charge in [0.05, 0.1) is 5.69 Å². The third-order valence-corrected chi connectivity index (χ3v) is 5.30. The van der Waals surface area contributed by atoms with Crippen LogP contribution in [0.25, 0.3) is 5.65 Å². The Hall–Kier alpha value is -2.60. The van der Waals surface area contributed by atoms with Gasteiger partial charge in [-0.05, 0) is 51.2 Å². The van der Waals surface area contributed by atoms with Crippen LogP contribution in [0.1, 0.15) is 36.8 Å². The molecule has 2 heterocycles. The Kier molecular flexibility index (Phi) is 4.51. The molecule has 6 heteroatoms. The van der Waals surface area contributed by atoms with Crippen molar-refractivity contribution in [2.75, 3.05) is 10.6 Å². The first-order valence-corrected chi connectivity index (χ1v) is 9.30. The Morgan fingerprint density at radius 1 is 1.12 bits per heavy atom. The van der Waals surface area contributed by atoms with Gasteiger partial charge >= 0.3 is 0 Å². The summed E-state index contributed by atoms with van der Waals surface area (Å²) in [6.07, 6.45) is 7.99. The number of imidazole rings is 1. The van der Waals surface area contributed by atoms with E-state index in [-0.39, 0.29) is 0 Å². The molecule has 0 saturated heterocycles. The fourth-order valence-corrected chi connectivity index (χ4v) is 3.62. The van der Waals surface area contributed by atoms with Crippen LogP contribution in [0.3, 0.4) is 0 Å². The summed E-state index contributed by atoms with van der Waals surface area (Å²) in [6.45, 7) is 4.20. The molecular weight excluding hydrogens is 324 g/mol. The van der Waals surface area contributed by atoms with Gasteiger partial charge in [0.2, 0.25) is 0 Å². The maximum atomic E-state index is 6.04. The maximum Gasteiger partial charge on any atom is 0.177 e. The predicted octanol–water partition coefficient (Wildman–Crippen LogP) is 3.77. The highest BCUT2D eigenvalue weighted by Gasteiger charge is 2.21. The molecule has 4 rings (SSSR count). The van der Waals surface area contributed by atoms with E-state index in [4.69, 9.17) is 10.8 Å². The van der Waals surface area contributed by atoms with Gasteiger partial charge in [0.25, 0.3) is 0 Å². The van der Waals surface area contributed by atoms with E-state index in [0.717, 1.165) is 54.1 Å². The lowest BCUT2D eigenvalue weighted by molar-refractivity contribution is 0.410. The zero-order valence-corrected chi connectivity index (χ0v) is 15.4. The van der Waals surface area contributed by atoms with E-state index in [0.29, 0.717) is 12.1 Å². The minimum atomic E-state index is 0.344. The number of aryl methyl sites for hydroxylation is 1. The molecule has 1 aromatic carbocycles. The predicted molar refractivity (Wildman–Crippen MR) is 106 cm³/mol. The molecule has 0 bridgehead atoms. The number of aromatic nitrogens is 3. The van der Waals surface area contributed by atoms with Crippen molar-refractivity contribution < 1.29 is 0 Å². The summed E-state index contributed by atoms with van der Waals surface area (Å²) >= 11 is 0. The fourth-order valence-electron chi connectivity index (χ4n) is 3.62. The number of hydrogen-bond acceptors (Lipinski definition) is 5. The van der Waals surface area contributed by atoms with Crippen LogP contribution in [0.2, 0.25) is 0 Å². The number of hydrogen-bond donors (Lipinski definition) is 3. The molecule has 1 aliphatic carbocycles. The number of fused-ring (bicyclic) bond motifs is 1. The summed E-state index contributed by atoms with van der Waals surface area (Å²) in [5, 5.41) is 12.0. The summed E-state index contributed by atoms with van der Waals surface area (Å²) in [6, 6.07) is 9.05. The molecule has 0 unspecified atom stereocenters. The fraction of sp³-hybridized carbons (Fsp3) is 0.400. The van der Waals surface area contributed by atoms with Gasteiger partial charge in [0.15, 0.2) is 11.5 Å². The van der Waals surface area contributed by atoms with Crippen molar-refractivity contribution in [2.45, 2.75) is 51.6 Å². The zero-order valence-electron chi connectivity index (χ0n) is 15.4. The molecule has 6 nitrogen and oxygen atoms in total. The number of nitrogens with two attached hydrogens (primary N) is 1. The number of rotatable bonds is 4. The molecule has 3 aromatic rings.